The minimum absolute atomic E-state index is 0.0747. The summed E-state index contributed by atoms with van der Waals surface area (Å²) in [7, 11) is 0. The van der Waals surface area contributed by atoms with E-state index in [0.29, 0.717) is 36.0 Å². The molecule has 3 aliphatic heterocycles. The normalized spacial score (nSPS) is 18.4. The van der Waals surface area contributed by atoms with E-state index in [9.17, 15) is 14.4 Å². The molecule has 284 valence electrons. The molecule has 8 nitrogen and oxygen atoms in total. The molecule has 3 heterocycles. The van der Waals surface area contributed by atoms with Crippen molar-refractivity contribution < 1.29 is 23.9 Å². The van der Waals surface area contributed by atoms with Crippen molar-refractivity contribution in [2.75, 3.05) is 29.5 Å². The fraction of sp³-hybridized carbons (Fsp3) is 0.188. The van der Waals surface area contributed by atoms with Gasteiger partial charge < -0.3 is 14.4 Å². The molecule has 3 aliphatic rings. The van der Waals surface area contributed by atoms with Crippen molar-refractivity contribution in [2.24, 2.45) is 0 Å². The molecule has 57 heavy (non-hydrogen) atoms. The highest BCUT2D eigenvalue weighted by Crippen LogP contribution is 2.50. The number of benzene rings is 6. The summed E-state index contributed by atoms with van der Waals surface area (Å²) >= 11 is 2.19. The average Bonchev–Trinajstić information content (AvgIpc) is 3.23. The van der Waals surface area contributed by atoms with E-state index in [0.717, 1.165) is 61.9 Å². The van der Waals surface area contributed by atoms with E-state index in [-0.39, 0.29) is 17.4 Å². The lowest BCUT2D eigenvalue weighted by atomic mass is 9.76. The Labute approximate surface area is 345 Å². The second kappa shape index (κ2) is 15.5. The number of ether oxygens (including phenoxy) is 2. The maximum Gasteiger partial charge on any atom is 0.335 e. The molecule has 4 amide bonds. The smallest absolute Gasteiger partial charge is 0.335 e. The topological polar surface area (TPSA) is 88.2 Å². The van der Waals surface area contributed by atoms with E-state index in [1.54, 1.807) is 6.07 Å². The molecule has 0 spiro atoms. The van der Waals surface area contributed by atoms with Crippen molar-refractivity contribution in [3.05, 3.63) is 170 Å². The van der Waals surface area contributed by atoms with E-state index in [1.165, 1.54) is 22.9 Å². The molecule has 1 N–H and O–H groups in total. The number of hydrogen-bond acceptors (Lipinski definition) is 6. The van der Waals surface area contributed by atoms with Gasteiger partial charge in [0.2, 0.25) is 0 Å². The molecular formula is C48H40IN3O5. The van der Waals surface area contributed by atoms with Gasteiger partial charge >= 0.3 is 6.03 Å². The minimum Gasteiger partial charge on any atom is -0.490 e. The van der Waals surface area contributed by atoms with Crippen molar-refractivity contribution in [1.29, 1.82) is 0 Å². The van der Waals surface area contributed by atoms with Crippen LogP contribution in [-0.2, 0) is 16.2 Å². The lowest BCUT2D eigenvalue weighted by molar-refractivity contribution is -0.122. The third-order valence-electron chi connectivity index (χ3n) is 11.3. The number of carbonyl (C=O) groups is 3. The van der Waals surface area contributed by atoms with Crippen LogP contribution < -0.4 is 24.6 Å². The first kappa shape index (κ1) is 36.7. The molecule has 1 fully saturated rings. The Morgan fingerprint density at radius 1 is 0.754 bits per heavy atom. The van der Waals surface area contributed by atoms with Gasteiger partial charge in [0.15, 0.2) is 11.5 Å². The van der Waals surface area contributed by atoms with Gasteiger partial charge in [-0.3, -0.25) is 14.9 Å². The Morgan fingerprint density at radius 3 is 2.05 bits per heavy atom. The maximum absolute atomic E-state index is 14.5. The second-order valence-corrected chi connectivity index (χ2v) is 15.8. The van der Waals surface area contributed by atoms with Crippen LogP contribution in [0.2, 0.25) is 0 Å². The summed E-state index contributed by atoms with van der Waals surface area (Å²) in [6.07, 6.45) is 3.34. The second-order valence-electron chi connectivity index (χ2n) is 14.6. The highest BCUT2D eigenvalue weighted by atomic mass is 127. The lowest BCUT2D eigenvalue weighted by Gasteiger charge is -2.44. The van der Waals surface area contributed by atoms with Gasteiger partial charge in [-0.25, -0.2) is 9.69 Å². The Balaban J connectivity index is 1.09. The van der Waals surface area contributed by atoms with Gasteiger partial charge in [0.25, 0.3) is 11.8 Å². The number of fused-ring (bicyclic) bond motifs is 1. The van der Waals surface area contributed by atoms with Gasteiger partial charge in [-0.05, 0) is 117 Å². The fourth-order valence-corrected chi connectivity index (χ4v) is 9.45. The number of rotatable bonds is 9. The van der Waals surface area contributed by atoms with Gasteiger partial charge in [0.05, 0.1) is 15.9 Å². The summed E-state index contributed by atoms with van der Waals surface area (Å²) in [5.74, 6) is -0.222. The predicted octanol–water partition coefficient (Wildman–Crippen LogP) is 9.97. The van der Waals surface area contributed by atoms with E-state index >= 15 is 0 Å². The van der Waals surface area contributed by atoms with Crippen molar-refractivity contribution in [2.45, 2.75) is 38.2 Å². The molecule has 0 radical (unpaired) electrons. The van der Waals surface area contributed by atoms with Crippen molar-refractivity contribution >= 4 is 68.7 Å². The monoisotopic (exact) mass is 865 g/mol. The van der Waals surface area contributed by atoms with Gasteiger partial charge in [-0.15, -0.1) is 0 Å². The molecule has 0 aromatic heterocycles. The standard InChI is InChI=1S/C48H40IN3O5/c1-2-56-43-26-30(25-42(49)45(43)57-29-34-18-11-17-31-16-9-10-19-36(31)34)24-41-46(53)50-48(55)52(47(41)54)35-27-39-37(32-12-5-3-6-13-32)20-22-51-23-21-38(40(28-35)44(39)51)33-14-7-4-8-15-33/h3-19,24-28,37-38H,2,20-23,29H2,1H3,(H,50,53,55)/b41-24+/t37-,38+. The maximum atomic E-state index is 14.5. The number of anilines is 2. The Morgan fingerprint density at radius 2 is 1.39 bits per heavy atom. The van der Waals surface area contributed by atoms with Crippen LogP contribution >= 0.6 is 22.6 Å². The van der Waals surface area contributed by atoms with Crippen LogP contribution in [0.3, 0.4) is 0 Å². The lowest BCUT2D eigenvalue weighted by Crippen LogP contribution is -2.54. The number of urea groups is 1. The van der Waals surface area contributed by atoms with Crippen LogP contribution in [0.25, 0.3) is 16.8 Å². The molecular weight excluding hydrogens is 825 g/mol. The number of amides is 4. The van der Waals surface area contributed by atoms with Crippen molar-refractivity contribution in [3.8, 4) is 11.5 Å². The largest absolute Gasteiger partial charge is 0.490 e. The Kier molecular flexibility index (Phi) is 10.00. The minimum atomic E-state index is -0.771. The summed E-state index contributed by atoms with van der Waals surface area (Å²) in [5, 5.41) is 4.71. The number of halogens is 1. The first-order chi connectivity index (χ1) is 27.9. The third-order valence-corrected chi connectivity index (χ3v) is 12.1. The Hall–Kier alpha value is -5.94. The van der Waals surface area contributed by atoms with E-state index in [1.807, 2.05) is 61.5 Å². The first-order valence-electron chi connectivity index (χ1n) is 19.4. The molecule has 6 aromatic rings. The van der Waals surface area contributed by atoms with E-state index in [2.05, 4.69) is 99.5 Å². The number of hydrogen-bond donors (Lipinski definition) is 1. The van der Waals surface area contributed by atoms with Crippen LogP contribution in [0.1, 0.15) is 65.0 Å². The third kappa shape index (κ3) is 6.94. The summed E-state index contributed by atoms with van der Waals surface area (Å²) in [4.78, 5) is 45.4. The quantitative estimate of drug-likeness (QED) is 0.0885. The zero-order valence-corrected chi connectivity index (χ0v) is 33.6. The molecule has 0 unspecified atom stereocenters. The summed E-state index contributed by atoms with van der Waals surface area (Å²) < 4.78 is 13.2. The number of imide groups is 2. The molecule has 0 saturated carbocycles. The van der Waals surface area contributed by atoms with Gasteiger partial charge in [0, 0.05) is 30.6 Å². The number of nitrogens with zero attached hydrogens (tertiary/aromatic N) is 2. The summed E-state index contributed by atoms with van der Waals surface area (Å²) in [6, 6.07) is 42.0. The van der Waals surface area contributed by atoms with Crippen LogP contribution in [0.4, 0.5) is 16.2 Å². The average molecular weight is 866 g/mol. The number of barbiturate groups is 1. The van der Waals surface area contributed by atoms with Gasteiger partial charge in [-0.2, -0.15) is 0 Å². The molecule has 6 aromatic carbocycles. The van der Waals surface area contributed by atoms with E-state index < -0.39 is 17.8 Å². The van der Waals surface area contributed by atoms with Crippen LogP contribution in [0, 0.1) is 3.57 Å². The van der Waals surface area contributed by atoms with Gasteiger partial charge in [-0.1, -0.05) is 103 Å². The highest BCUT2D eigenvalue weighted by molar-refractivity contribution is 14.1. The highest BCUT2D eigenvalue weighted by Gasteiger charge is 2.40. The molecule has 9 heteroatoms. The van der Waals surface area contributed by atoms with Gasteiger partial charge in [0.1, 0.15) is 12.2 Å². The first-order valence-corrected chi connectivity index (χ1v) is 20.5. The summed E-state index contributed by atoms with van der Waals surface area (Å²) in [6.45, 7) is 4.44. The van der Waals surface area contributed by atoms with Crippen LogP contribution in [0.5, 0.6) is 11.5 Å². The van der Waals surface area contributed by atoms with Crippen molar-refractivity contribution in [1.82, 2.24) is 5.32 Å². The van der Waals surface area contributed by atoms with Crippen LogP contribution in [0.15, 0.2) is 133 Å². The molecule has 0 bridgehead atoms. The zero-order chi connectivity index (χ0) is 39.0. The number of nitrogens with one attached hydrogen (secondary N) is 1. The number of carbonyl (C=O) groups excluding carboxylic acids is 3. The fourth-order valence-electron chi connectivity index (χ4n) is 8.67. The SMILES string of the molecule is CCOc1cc(/C=C2\C(=O)NC(=O)N(c3cc4c5c(c3)[C@H](c3ccccc3)CCN5CC[C@@H]4c3ccccc3)C2=O)cc(I)c1OCc1cccc2ccccc12. The molecule has 0 aliphatic carbocycles. The molecule has 1 saturated heterocycles. The van der Waals surface area contributed by atoms with Crippen LogP contribution in [-0.4, -0.2) is 37.5 Å². The van der Waals surface area contributed by atoms with Crippen molar-refractivity contribution in [3.63, 3.8) is 0 Å². The predicted molar refractivity (Wildman–Crippen MR) is 232 cm³/mol. The Bertz CT molecular complexity index is 2500. The zero-order valence-electron chi connectivity index (χ0n) is 31.4. The van der Waals surface area contributed by atoms with E-state index in [4.69, 9.17) is 9.47 Å². The molecule has 9 rings (SSSR count). The summed E-state index contributed by atoms with van der Waals surface area (Å²) in [5.41, 5.74) is 7.62. The molecule has 2 atom stereocenters.